The number of benzene rings is 1. The van der Waals surface area contributed by atoms with Crippen molar-refractivity contribution >= 4 is 18.4 Å². The van der Waals surface area contributed by atoms with E-state index < -0.39 is 0 Å². The summed E-state index contributed by atoms with van der Waals surface area (Å²) in [5.41, 5.74) is 8.11. The van der Waals surface area contributed by atoms with Crippen LogP contribution in [0.4, 0.5) is 0 Å². The summed E-state index contributed by atoms with van der Waals surface area (Å²) in [6.45, 7) is 2.91. The molecule has 1 aliphatic rings. The highest BCUT2D eigenvalue weighted by atomic mass is 35.5. The van der Waals surface area contributed by atoms with Crippen LogP contribution in [0.25, 0.3) is 0 Å². The third kappa shape index (κ3) is 3.37. The van der Waals surface area contributed by atoms with Gasteiger partial charge in [-0.1, -0.05) is 12.1 Å². The van der Waals surface area contributed by atoms with Gasteiger partial charge in [-0.3, -0.25) is 4.79 Å². The van der Waals surface area contributed by atoms with Gasteiger partial charge in [-0.15, -0.1) is 12.4 Å². The zero-order valence-electron chi connectivity index (χ0n) is 10.3. The standard InChI is InChI=1S/C13H17NO3.ClH/c1-2-16-13(15)8-11(14)9-3-4-12-10(7-9)5-6-17-12;/h3-4,7,11H,2,5-6,8,14H2,1H3;1H/t11-;/m0./s1. The van der Waals surface area contributed by atoms with Crippen molar-refractivity contribution in [2.24, 2.45) is 5.73 Å². The summed E-state index contributed by atoms with van der Waals surface area (Å²) in [6.07, 6.45) is 1.13. The maximum absolute atomic E-state index is 11.3. The van der Waals surface area contributed by atoms with Crippen molar-refractivity contribution in [3.63, 3.8) is 0 Å². The van der Waals surface area contributed by atoms with Crippen LogP contribution in [0.3, 0.4) is 0 Å². The van der Waals surface area contributed by atoms with Crippen molar-refractivity contribution in [1.82, 2.24) is 0 Å². The predicted octanol–water partition coefficient (Wildman–Crippen LogP) is 2.00. The summed E-state index contributed by atoms with van der Waals surface area (Å²) >= 11 is 0. The van der Waals surface area contributed by atoms with Crippen LogP contribution in [0.1, 0.15) is 30.5 Å². The van der Waals surface area contributed by atoms with Gasteiger partial charge in [-0.05, 0) is 24.1 Å². The molecule has 0 radical (unpaired) electrons. The molecule has 0 saturated heterocycles. The third-order valence-corrected chi connectivity index (χ3v) is 2.83. The smallest absolute Gasteiger partial charge is 0.307 e. The minimum atomic E-state index is -0.306. The molecule has 1 atom stereocenters. The van der Waals surface area contributed by atoms with E-state index >= 15 is 0 Å². The van der Waals surface area contributed by atoms with Crippen LogP contribution in [-0.4, -0.2) is 19.2 Å². The van der Waals surface area contributed by atoms with Gasteiger partial charge >= 0.3 is 5.97 Å². The Morgan fingerprint density at radius 3 is 3.06 bits per heavy atom. The van der Waals surface area contributed by atoms with Crippen LogP contribution in [0, 0.1) is 0 Å². The Bertz CT molecular complexity index is 423. The van der Waals surface area contributed by atoms with Crippen LogP contribution in [0.15, 0.2) is 18.2 Å². The van der Waals surface area contributed by atoms with E-state index in [0.717, 1.165) is 24.3 Å². The molecule has 0 bridgehead atoms. The second kappa shape index (κ2) is 6.61. The summed E-state index contributed by atoms with van der Waals surface area (Å²) in [5.74, 6) is 0.675. The zero-order chi connectivity index (χ0) is 12.3. The van der Waals surface area contributed by atoms with Crippen LogP contribution >= 0.6 is 12.4 Å². The van der Waals surface area contributed by atoms with Crippen LogP contribution in [0.5, 0.6) is 5.75 Å². The highest BCUT2D eigenvalue weighted by molar-refractivity contribution is 5.85. The topological polar surface area (TPSA) is 61.5 Å². The minimum Gasteiger partial charge on any atom is -0.493 e. The van der Waals surface area contributed by atoms with Gasteiger partial charge in [0.05, 0.1) is 19.6 Å². The van der Waals surface area contributed by atoms with Crippen molar-refractivity contribution in [3.8, 4) is 5.75 Å². The third-order valence-electron chi connectivity index (χ3n) is 2.83. The highest BCUT2D eigenvalue weighted by Crippen LogP contribution is 2.28. The van der Waals surface area contributed by atoms with Crippen molar-refractivity contribution in [3.05, 3.63) is 29.3 Å². The Hall–Kier alpha value is -1.26. The van der Waals surface area contributed by atoms with Crippen molar-refractivity contribution in [1.29, 1.82) is 0 Å². The van der Waals surface area contributed by atoms with E-state index in [9.17, 15) is 4.79 Å². The van der Waals surface area contributed by atoms with Gasteiger partial charge < -0.3 is 15.2 Å². The largest absolute Gasteiger partial charge is 0.493 e. The normalized spacial score (nSPS) is 14.1. The number of nitrogens with two attached hydrogens (primary N) is 1. The maximum Gasteiger partial charge on any atom is 0.307 e. The molecule has 4 nitrogen and oxygen atoms in total. The molecule has 1 heterocycles. The molecule has 5 heteroatoms. The number of ether oxygens (including phenoxy) is 2. The number of carbonyl (C=O) groups is 1. The fourth-order valence-corrected chi connectivity index (χ4v) is 1.95. The van der Waals surface area contributed by atoms with Crippen molar-refractivity contribution in [2.45, 2.75) is 25.8 Å². The first-order chi connectivity index (χ1) is 8.20. The Morgan fingerprint density at radius 2 is 2.33 bits per heavy atom. The summed E-state index contributed by atoms with van der Waals surface area (Å²) in [4.78, 5) is 11.3. The Labute approximate surface area is 113 Å². The molecule has 1 aliphatic heterocycles. The van der Waals surface area contributed by atoms with E-state index in [1.807, 2.05) is 18.2 Å². The van der Waals surface area contributed by atoms with Gasteiger partial charge in [-0.25, -0.2) is 0 Å². The number of esters is 1. The molecular weight excluding hydrogens is 254 g/mol. The van der Waals surface area contributed by atoms with Gasteiger partial charge in [0.15, 0.2) is 0 Å². The number of carbonyl (C=O) groups excluding carboxylic acids is 1. The SMILES string of the molecule is CCOC(=O)C[C@H](N)c1ccc2c(c1)CCO2.Cl. The van der Waals surface area contributed by atoms with Gasteiger partial charge in [0.25, 0.3) is 0 Å². The molecule has 0 spiro atoms. The molecule has 0 amide bonds. The Kier molecular flexibility index (Phi) is 5.44. The molecule has 18 heavy (non-hydrogen) atoms. The average molecular weight is 272 g/mol. The number of rotatable bonds is 4. The lowest BCUT2D eigenvalue weighted by molar-refractivity contribution is -0.143. The van der Waals surface area contributed by atoms with Gasteiger partial charge in [0.1, 0.15) is 5.75 Å². The number of fused-ring (bicyclic) bond motifs is 1. The lowest BCUT2D eigenvalue weighted by atomic mass is 10.0. The van der Waals surface area contributed by atoms with Crippen LogP contribution in [-0.2, 0) is 16.0 Å². The molecule has 100 valence electrons. The molecule has 0 saturated carbocycles. The van der Waals surface area contributed by atoms with E-state index in [1.54, 1.807) is 6.92 Å². The summed E-state index contributed by atoms with van der Waals surface area (Å²) < 4.78 is 10.3. The lowest BCUT2D eigenvalue weighted by Gasteiger charge is -2.12. The Morgan fingerprint density at radius 1 is 1.56 bits per heavy atom. The van der Waals surface area contributed by atoms with Crippen molar-refractivity contribution in [2.75, 3.05) is 13.2 Å². The fourth-order valence-electron chi connectivity index (χ4n) is 1.95. The molecule has 0 aromatic heterocycles. The molecule has 2 N–H and O–H groups in total. The first-order valence-electron chi connectivity index (χ1n) is 5.87. The molecule has 2 rings (SSSR count). The summed E-state index contributed by atoms with van der Waals surface area (Å²) in [7, 11) is 0. The highest BCUT2D eigenvalue weighted by Gasteiger charge is 2.17. The first-order valence-corrected chi connectivity index (χ1v) is 5.87. The van der Waals surface area contributed by atoms with E-state index in [2.05, 4.69) is 0 Å². The fraction of sp³-hybridized carbons (Fsp3) is 0.462. The molecule has 1 aromatic rings. The quantitative estimate of drug-likeness (QED) is 0.851. The van der Waals surface area contributed by atoms with Crippen LogP contribution < -0.4 is 10.5 Å². The van der Waals surface area contributed by atoms with Crippen molar-refractivity contribution < 1.29 is 14.3 Å². The van der Waals surface area contributed by atoms with Gasteiger partial charge in [0.2, 0.25) is 0 Å². The Balaban J connectivity index is 0.00000162. The summed E-state index contributed by atoms with van der Waals surface area (Å²) in [6, 6.07) is 5.54. The van der Waals surface area contributed by atoms with E-state index in [4.69, 9.17) is 15.2 Å². The minimum absolute atomic E-state index is 0. The second-order valence-electron chi connectivity index (χ2n) is 4.08. The molecular formula is C13H18ClNO3. The zero-order valence-corrected chi connectivity index (χ0v) is 11.2. The average Bonchev–Trinajstić information content (AvgIpc) is 2.75. The summed E-state index contributed by atoms with van der Waals surface area (Å²) in [5, 5.41) is 0. The van der Waals surface area contributed by atoms with Gasteiger partial charge in [-0.2, -0.15) is 0 Å². The van der Waals surface area contributed by atoms with Gasteiger partial charge in [0, 0.05) is 12.5 Å². The van der Waals surface area contributed by atoms with E-state index in [1.165, 1.54) is 5.56 Å². The molecule has 0 unspecified atom stereocenters. The number of hydrogen-bond acceptors (Lipinski definition) is 4. The number of hydrogen-bond donors (Lipinski definition) is 1. The first kappa shape index (κ1) is 14.8. The van der Waals surface area contributed by atoms with Crippen LogP contribution in [0.2, 0.25) is 0 Å². The molecule has 1 aromatic carbocycles. The maximum atomic E-state index is 11.3. The monoisotopic (exact) mass is 271 g/mol. The second-order valence-corrected chi connectivity index (χ2v) is 4.08. The lowest BCUT2D eigenvalue weighted by Crippen LogP contribution is -2.17. The number of halogens is 1. The molecule has 0 fully saturated rings. The predicted molar refractivity (Wildman–Crippen MR) is 71.1 cm³/mol. The van der Waals surface area contributed by atoms with E-state index in [0.29, 0.717) is 6.61 Å². The van der Waals surface area contributed by atoms with E-state index in [-0.39, 0.29) is 30.8 Å². The molecule has 0 aliphatic carbocycles.